The number of anilines is 1. The number of carbonyl (C=O) groups excluding carboxylic acids is 2. The maximum absolute atomic E-state index is 12.9. The van der Waals surface area contributed by atoms with Crippen LogP contribution in [0, 0.1) is 5.21 Å². The first-order valence-electron chi connectivity index (χ1n) is 10.9. The van der Waals surface area contributed by atoms with Crippen molar-refractivity contribution in [3.05, 3.63) is 81.8 Å². The molecule has 7 heteroatoms. The lowest BCUT2D eigenvalue weighted by atomic mass is 9.90. The van der Waals surface area contributed by atoms with Gasteiger partial charge in [-0.15, -0.1) is 4.68 Å². The minimum Gasteiger partial charge on any atom is -0.571 e. The fourth-order valence-corrected chi connectivity index (χ4v) is 4.56. The van der Waals surface area contributed by atoms with Crippen LogP contribution in [0.25, 0.3) is 0 Å². The van der Waals surface area contributed by atoms with Crippen LogP contribution >= 0.6 is 0 Å². The Labute approximate surface area is 180 Å². The Kier molecular flexibility index (Phi) is 5.02. The zero-order valence-corrected chi connectivity index (χ0v) is 17.3. The predicted molar refractivity (Wildman–Crippen MR) is 115 cm³/mol. The molecule has 0 N–H and O–H groups in total. The SMILES string of the molecule is O=C1c2ccccc2C(=O)c2c1n[n+]([O-])n2CCCc1ccc(N2CCCCC2)cc1. The van der Waals surface area contributed by atoms with Crippen molar-refractivity contribution in [1.82, 2.24) is 9.78 Å². The molecule has 1 fully saturated rings. The van der Waals surface area contributed by atoms with E-state index in [2.05, 4.69) is 34.3 Å². The summed E-state index contributed by atoms with van der Waals surface area (Å²) >= 11 is 0. The Bertz CT molecular complexity index is 1140. The number of hydrogen-bond donors (Lipinski definition) is 0. The van der Waals surface area contributed by atoms with Crippen molar-refractivity contribution >= 4 is 17.3 Å². The van der Waals surface area contributed by atoms with Gasteiger partial charge in [-0.3, -0.25) is 9.59 Å². The highest BCUT2D eigenvalue weighted by atomic mass is 16.5. The van der Waals surface area contributed by atoms with E-state index in [1.54, 1.807) is 24.3 Å². The van der Waals surface area contributed by atoms with E-state index in [-0.39, 0.29) is 23.0 Å². The van der Waals surface area contributed by atoms with Crippen LogP contribution in [-0.4, -0.2) is 34.4 Å². The number of aromatic nitrogens is 3. The Morgan fingerprint density at radius 1 is 0.903 bits per heavy atom. The van der Waals surface area contributed by atoms with Crippen LogP contribution in [0.2, 0.25) is 0 Å². The molecule has 0 unspecified atom stereocenters. The van der Waals surface area contributed by atoms with Crippen LogP contribution in [-0.2, 0) is 13.0 Å². The number of nitrogens with zero attached hydrogens (tertiary/aromatic N) is 4. The third-order valence-corrected chi connectivity index (χ3v) is 6.21. The van der Waals surface area contributed by atoms with Gasteiger partial charge in [0.25, 0.3) is 0 Å². The fraction of sp³-hybridized carbons (Fsp3) is 0.333. The van der Waals surface area contributed by atoms with Gasteiger partial charge in [0, 0.05) is 40.0 Å². The standard InChI is InChI=1S/C24H24N4O3/c29-23-19-8-2-3-9-20(19)24(30)22-21(23)25-28(31)27(22)16-6-7-17-10-12-18(13-11-17)26-14-4-1-5-15-26/h2-3,8-13H,1,4-7,14-16H2. The molecule has 1 aliphatic carbocycles. The van der Waals surface area contributed by atoms with E-state index in [1.165, 1.54) is 35.2 Å². The Balaban J connectivity index is 1.29. The number of piperidine rings is 1. The van der Waals surface area contributed by atoms with Gasteiger partial charge in [-0.1, -0.05) is 36.4 Å². The number of fused-ring (bicyclic) bond motifs is 2. The summed E-state index contributed by atoms with van der Waals surface area (Å²) in [7, 11) is 0. The smallest absolute Gasteiger partial charge is 0.220 e. The predicted octanol–water partition coefficient (Wildman–Crippen LogP) is 2.92. The molecule has 0 atom stereocenters. The van der Waals surface area contributed by atoms with Crippen molar-refractivity contribution in [2.75, 3.05) is 18.0 Å². The monoisotopic (exact) mass is 416 g/mol. The lowest BCUT2D eigenvalue weighted by Crippen LogP contribution is -2.41. The van der Waals surface area contributed by atoms with E-state index in [1.807, 2.05) is 0 Å². The highest BCUT2D eigenvalue weighted by Gasteiger charge is 2.38. The van der Waals surface area contributed by atoms with Crippen LogP contribution in [0.1, 0.15) is 63.4 Å². The molecule has 1 aromatic heterocycles. The fourth-order valence-electron chi connectivity index (χ4n) is 4.56. The second-order valence-electron chi connectivity index (χ2n) is 8.19. The molecule has 7 nitrogen and oxygen atoms in total. The van der Waals surface area contributed by atoms with E-state index in [9.17, 15) is 14.8 Å². The van der Waals surface area contributed by atoms with Crippen molar-refractivity contribution in [2.45, 2.75) is 38.6 Å². The van der Waals surface area contributed by atoms with Gasteiger partial charge in [-0.05, 0) is 49.8 Å². The number of carbonyl (C=O) groups is 2. The molecule has 2 aliphatic rings. The second kappa shape index (κ2) is 7.98. The zero-order valence-electron chi connectivity index (χ0n) is 17.3. The number of ketones is 2. The molecule has 31 heavy (non-hydrogen) atoms. The molecular weight excluding hydrogens is 392 g/mol. The highest BCUT2D eigenvalue weighted by Crippen LogP contribution is 2.25. The summed E-state index contributed by atoms with van der Waals surface area (Å²) in [5.74, 6) is -0.694. The molecule has 0 saturated carbocycles. The molecule has 1 aliphatic heterocycles. The van der Waals surface area contributed by atoms with Crippen molar-refractivity contribution in [2.24, 2.45) is 0 Å². The van der Waals surface area contributed by atoms with E-state index >= 15 is 0 Å². The van der Waals surface area contributed by atoms with Gasteiger partial charge in [0.1, 0.15) is 0 Å². The third kappa shape index (κ3) is 3.50. The van der Waals surface area contributed by atoms with Gasteiger partial charge < -0.3 is 10.1 Å². The molecule has 2 heterocycles. The van der Waals surface area contributed by atoms with Gasteiger partial charge in [0.15, 0.2) is 5.69 Å². The van der Waals surface area contributed by atoms with E-state index in [4.69, 9.17) is 0 Å². The summed E-state index contributed by atoms with van der Waals surface area (Å²) in [4.78, 5) is 28.4. The highest BCUT2D eigenvalue weighted by molar-refractivity contribution is 6.26. The quantitative estimate of drug-likeness (QED) is 0.369. The average molecular weight is 416 g/mol. The van der Waals surface area contributed by atoms with Gasteiger partial charge in [0.2, 0.25) is 17.3 Å². The Morgan fingerprint density at radius 3 is 2.29 bits per heavy atom. The van der Waals surface area contributed by atoms with E-state index in [0.717, 1.165) is 19.5 Å². The molecule has 1 saturated heterocycles. The number of aryl methyl sites for hydroxylation is 1. The first-order chi connectivity index (χ1) is 15.1. The minimum absolute atomic E-state index is 0.0513. The van der Waals surface area contributed by atoms with Crippen LogP contribution < -0.4 is 9.86 Å². The summed E-state index contributed by atoms with van der Waals surface area (Å²) in [5, 5.41) is 16.2. The van der Waals surface area contributed by atoms with Crippen molar-refractivity contribution < 1.29 is 14.5 Å². The Hall–Kier alpha value is -3.48. The lowest BCUT2D eigenvalue weighted by Gasteiger charge is -2.28. The summed E-state index contributed by atoms with van der Waals surface area (Å²) in [5.41, 5.74) is 3.12. The zero-order chi connectivity index (χ0) is 21.4. The van der Waals surface area contributed by atoms with Crippen molar-refractivity contribution in [3.8, 4) is 0 Å². The first kappa shape index (κ1) is 19.5. The molecule has 0 amide bonds. The summed E-state index contributed by atoms with van der Waals surface area (Å²) in [6, 6.07) is 15.2. The first-order valence-corrected chi connectivity index (χ1v) is 10.9. The Morgan fingerprint density at radius 2 is 1.58 bits per heavy atom. The molecule has 0 spiro atoms. The summed E-state index contributed by atoms with van der Waals surface area (Å²) in [6.07, 6.45) is 5.24. The number of hydrogen-bond acceptors (Lipinski definition) is 5. The summed E-state index contributed by atoms with van der Waals surface area (Å²) in [6.45, 7) is 2.55. The minimum atomic E-state index is -0.373. The van der Waals surface area contributed by atoms with Crippen LogP contribution in [0.5, 0.6) is 0 Å². The normalized spacial score (nSPS) is 15.7. The van der Waals surface area contributed by atoms with Crippen molar-refractivity contribution in [1.29, 1.82) is 0 Å². The molecule has 0 bridgehead atoms. The molecule has 5 rings (SSSR count). The summed E-state index contributed by atoms with van der Waals surface area (Å²) < 4.78 is 1.29. The van der Waals surface area contributed by atoms with Gasteiger partial charge in [-0.25, -0.2) is 0 Å². The van der Waals surface area contributed by atoms with Gasteiger partial charge >= 0.3 is 0 Å². The maximum Gasteiger partial charge on any atom is 0.220 e. The molecule has 3 aromatic rings. The van der Waals surface area contributed by atoms with Crippen LogP contribution in [0.3, 0.4) is 0 Å². The van der Waals surface area contributed by atoms with Gasteiger partial charge in [0.05, 0.1) is 6.54 Å². The van der Waals surface area contributed by atoms with E-state index in [0.29, 0.717) is 29.1 Å². The van der Waals surface area contributed by atoms with Crippen molar-refractivity contribution in [3.63, 3.8) is 0 Å². The number of benzene rings is 2. The maximum atomic E-state index is 12.9. The van der Waals surface area contributed by atoms with Crippen LogP contribution in [0.4, 0.5) is 5.69 Å². The van der Waals surface area contributed by atoms with E-state index < -0.39 is 0 Å². The van der Waals surface area contributed by atoms with Crippen LogP contribution in [0.15, 0.2) is 48.5 Å². The molecule has 158 valence electrons. The molecule has 2 aromatic carbocycles. The average Bonchev–Trinajstić information content (AvgIpc) is 3.15. The largest absolute Gasteiger partial charge is 0.571 e. The lowest BCUT2D eigenvalue weighted by molar-refractivity contribution is -0.749. The third-order valence-electron chi connectivity index (χ3n) is 6.21. The second-order valence-corrected chi connectivity index (χ2v) is 8.19. The molecular formula is C24H24N4O3. The van der Waals surface area contributed by atoms with Gasteiger partial charge in [-0.2, -0.15) is 0 Å². The topological polar surface area (TPSA) is 82.1 Å². The number of rotatable bonds is 5. The molecule has 0 radical (unpaired) electrons.